The summed E-state index contributed by atoms with van der Waals surface area (Å²) in [6.45, 7) is 6.29. The minimum Gasteiger partial charge on any atom is -0.462 e. The van der Waals surface area contributed by atoms with Gasteiger partial charge in [-0.3, -0.25) is 14.4 Å². The average Bonchev–Trinajstić information content (AvgIpc) is 3.34. The highest BCUT2D eigenvalue weighted by Crippen LogP contribution is 2.12. The molecule has 1 unspecified atom stereocenters. The van der Waals surface area contributed by atoms with E-state index in [-0.39, 0.29) is 37.5 Å². The zero-order valence-corrected chi connectivity index (χ0v) is 43.6. The minimum absolute atomic E-state index is 0.121. The second-order valence-corrected chi connectivity index (χ2v) is 17.4. The van der Waals surface area contributed by atoms with Crippen LogP contribution in [0.5, 0.6) is 0 Å². The molecule has 0 bridgehead atoms. The summed E-state index contributed by atoms with van der Waals surface area (Å²) in [7, 11) is 0. The number of rotatable bonds is 47. The third kappa shape index (κ3) is 52.5. The lowest BCUT2D eigenvalue weighted by Crippen LogP contribution is -2.30. The Labute approximate surface area is 417 Å². The van der Waals surface area contributed by atoms with Crippen molar-refractivity contribution in [2.75, 3.05) is 13.2 Å². The van der Waals surface area contributed by atoms with Crippen molar-refractivity contribution in [1.82, 2.24) is 0 Å². The molecule has 0 aromatic heterocycles. The number of allylic oxidation sites excluding steroid dienone is 22. The molecule has 0 saturated carbocycles. The molecule has 0 radical (unpaired) electrons. The number of carbonyl (C=O) groups is 3. The molecule has 0 aliphatic heterocycles. The Morgan fingerprint density at radius 1 is 0.309 bits per heavy atom. The number of hydrogen-bond donors (Lipinski definition) is 0. The molecular weight excluding hydrogens is 841 g/mol. The number of unbranched alkanes of at least 4 members (excludes halogenated alkanes) is 14. The van der Waals surface area contributed by atoms with E-state index in [1.54, 1.807) is 0 Å². The zero-order valence-electron chi connectivity index (χ0n) is 43.6. The number of esters is 3. The van der Waals surface area contributed by atoms with Gasteiger partial charge in [-0.05, 0) is 122 Å². The maximum atomic E-state index is 12.8. The molecule has 6 nitrogen and oxygen atoms in total. The highest BCUT2D eigenvalue weighted by Gasteiger charge is 2.19. The van der Waals surface area contributed by atoms with Crippen LogP contribution in [0.1, 0.15) is 220 Å². The summed E-state index contributed by atoms with van der Waals surface area (Å²) < 4.78 is 16.7. The lowest BCUT2D eigenvalue weighted by atomic mass is 10.1. The SMILES string of the molecule is CC/C=C\C/C=C\C/C=C\C/C=C\C/C=C\C/C=C\CCCCCCC(=O)OCC(COC(=O)CC/C=C\C/C=C\C/C=C\C/C=C\CC)OC(=O)CCCCCCC/C=C\CCCCCCC. The fourth-order valence-corrected chi connectivity index (χ4v) is 6.86. The number of carbonyl (C=O) groups excluding carboxylic acids is 3. The summed E-state index contributed by atoms with van der Waals surface area (Å²) >= 11 is 0. The van der Waals surface area contributed by atoms with Crippen molar-refractivity contribution in [2.24, 2.45) is 0 Å². The third-order valence-electron chi connectivity index (χ3n) is 10.9. The van der Waals surface area contributed by atoms with Gasteiger partial charge in [0.15, 0.2) is 6.10 Å². The molecule has 68 heavy (non-hydrogen) atoms. The van der Waals surface area contributed by atoms with Crippen molar-refractivity contribution < 1.29 is 28.6 Å². The topological polar surface area (TPSA) is 78.9 Å². The van der Waals surface area contributed by atoms with E-state index in [1.165, 1.54) is 44.9 Å². The van der Waals surface area contributed by atoms with Crippen molar-refractivity contribution in [3.05, 3.63) is 134 Å². The maximum absolute atomic E-state index is 12.8. The van der Waals surface area contributed by atoms with Gasteiger partial charge < -0.3 is 14.2 Å². The van der Waals surface area contributed by atoms with Crippen LogP contribution in [0.3, 0.4) is 0 Å². The van der Waals surface area contributed by atoms with Crippen molar-refractivity contribution >= 4 is 17.9 Å². The summed E-state index contributed by atoms with van der Waals surface area (Å²) in [5, 5.41) is 0. The van der Waals surface area contributed by atoms with Crippen molar-refractivity contribution in [2.45, 2.75) is 226 Å². The molecule has 0 fully saturated rings. The first kappa shape index (κ1) is 63.6. The molecule has 0 saturated heterocycles. The second-order valence-electron chi connectivity index (χ2n) is 17.4. The molecule has 0 rings (SSSR count). The van der Waals surface area contributed by atoms with Gasteiger partial charge in [-0.2, -0.15) is 0 Å². The molecule has 0 heterocycles. The summed E-state index contributed by atoms with van der Waals surface area (Å²) in [4.78, 5) is 38.0. The molecule has 0 aromatic carbocycles. The first-order valence-corrected chi connectivity index (χ1v) is 27.2. The van der Waals surface area contributed by atoms with Crippen molar-refractivity contribution in [3.8, 4) is 0 Å². The molecule has 1 atom stereocenters. The molecule has 0 aromatic rings. The van der Waals surface area contributed by atoms with Gasteiger partial charge in [-0.25, -0.2) is 0 Å². The van der Waals surface area contributed by atoms with Gasteiger partial charge in [0.1, 0.15) is 13.2 Å². The summed E-state index contributed by atoms with van der Waals surface area (Å²) in [6.07, 6.45) is 77.4. The van der Waals surface area contributed by atoms with E-state index in [0.717, 1.165) is 128 Å². The Kier molecular flexibility index (Phi) is 51.5. The monoisotopic (exact) mass is 939 g/mol. The van der Waals surface area contributed by atoms with Gasteiger partial charge in [0, 0.05) is 19.3 Å². The van der Waals surface area contributed by atoms with Crippen molar-refractivity contribution in [1.29, 1.82) is 0 Å². The van der Waals surface area contributed by atoms with Crippen LogP contribution >= 0.6 is 0 Å². The van der Waals surface area contributed by atoms with Crippen LogP contribution in [0.25, 0.3) is 0 Å². The van der Waals surface area contributed by atoms with E-state index in [0.29, 0.717) is 19.3 Å². The molecule has 382 valence electrons. The minimum atomic E-state index is -0.826. The van der Waals surface area contributed by atoms with Crippen LogP contribution in [0.4, 0.5) is 0 Å². The second kappa shape index (κ2) is 55.1. The molecule has 0 amide bonds. The van der Waals surface area contributed by atoms with Crippen LogP contribution in [-0.4, -0.2) is 37.2 Å². The van der Waals surface area contributed by atoms with E-state index >= 15 is 0 Å². The Bertz CT molecular complexity index is 1500. The van der Waals surface area contributed by atoms with Gasteiger partial charge in [0.25, 0.3) is 0 Å². The molecule has 0 spiro atoms. The maximum Gasteiger partial charge on any atom is 0.306 e. The van der Waals surface area contributed by atoms with Gasteiger partial charge >= 0.3 is 17.9 Å². The van der Waals surface area contributed by atoms with E-state index in [4.69, 9.17) is 14.2 Å². The van der Waals surface area contributed by atoms with Crippen LogP contribution < -0.4 is 0 Å². The molecule has 0 N–H and O–H groups in total. The van der Waals surface area contributed by atoms with Crippen LogP contribution in [-0.2, 0) is 28.6 Å². The highest BCUT2D eigenvalue weighted by atomic mass is 16.6. The van der Waals surface area contributed by atoms with E-state index in [2.05, 4.69) is 142 Å². The zero-order chi connectivity index (χ0) is 49.3. The fourth-order valence-electron chi connectivity index (χ4n) is 6.86. The Balaban J connectivity index is 4.50. The molecule has 0 aliphatic carbocycles. The predicted octanol–water partition coefficient (Wildman–Crippen LogP) is 18.3. The van der Waals surface area contributed by atoms with Gasteiger partial charge in [-0.15, -0.1) is 0 Å². The standard InChI is InChI=1S/C62H98O6/c1-4-7-10-13-16-19-22-25-27-28-29-30-31-32-33-34-35-38-40-43-46-49-52-55-61(64)67-58-59(57-66-60(63)54-51-48-45-42-39-36-24-21-18-15-12-9-6-3)68-62(65)56-53-50-47-44-41-37-26-23-20-17-14-11-8-5-2/h7,9-10,12,16,18-19,21,23,25-27,29-30,32-33,35-36,38-39,45,48,59H,4-6,8,11,13-15,17,20,22,24,28,31,34,37,40-44,46-47,49-58H2,1-3H3/b10-7-,12-9-,19-16-,21-18-,26-23-,27-25-,30-29-,33-32-,38-35-,39-36-,48-45-. The van der Waals surface area contributed by atoms with Gasteiger partial charge in [-0.1, -0.05) is 212 Å². The summed E-state index contributed by atoms with van der Waals surface area (Å²) in [5.41, 5.74) is 0. The largest absolute Gasteiger partial charge is 0.462 e. The molecular formula is C62H98O6. The van der Waals surface area contributed by atoms with Gasteiger partial charge in [0.05, 0.1) is 0 Å². The lowest BCUT2D eigenvalue weighted by molar-refractivity contribution is -0.166. The average molecular weight is 939 g/mol. The highest BCUT2D eigenvalue weighted by molar-refractivity contribution is 5.71. The third-order valence-corrected chi connectivity index (χ3v) is 10.9. The van der Waals surface area contributed by atoms with E-state index in [1.807, 2.05) is 12.2 Å². The fraction of sp³-hybridized carbons (Fsp3) is 0.597. The normalized spacial score (nSPS) is 13.2. The number of hydrogen-bond acceptors (Lipinski definition) is 6. The van der Waals surface area contributed by atoms with Crippen LogP contribution in [0.2, 0.25) is 0 Å². The smallest absolute Gasteiger partial charge is 0.306 e. The van der Waals surface area contributed by atoms with Crippen LogP contribution in [0.15, 0.2) is 134 Å². The van der Waals surface area contributed by atoms with Gasteiger partial charge in [0.2, 0.25) is 0 Å². The molecule has 0 aliphatic rings. The number of ether oxygens (including phenoxy) is 3. The van der Waals surface area contributed by atoms with E-state index in [9.17, 15) is 14.4 Å². The first-order valence-electron chi connectivity index (χ1n) is 27.2. The van der Waals surface area contributed by atoms with Crippen LogP contribution in [0, 0.1) is 0 Å². The quantitative estimate of drug-likeness (QED) is 0.0262. The molecule has 6 heteroatoms. The Morgan fingerprint density at radius 2 is 0.603 bits per heavy atom. The Morgan fingerprint density at radius 3 is 1.00 bits per heavy atom. The summed E-state index contributed by atoms with van der Waals surface area (Å²) in [6, 6.07) is 0. The first-order chi connectivity index (χ1) is 33.5. The lowest BCUT2D eigenvalue weighted by Gasteiger charge is -2.18. The van der Waals surface area contributed by atoms with E-state index < -0.39 is 6.10 Å². The van der Waals surface area contributed by atoms with Crippen molar-refractivity contribution in [3.63, 3.8) is 0 Å². The predicted molar refractivity (Wildman–Crippen MR) is 292 cm³/mol. The Hall–Kier alpha value is -4.45. The summed E-state index contributed by atoms with van der Waals surface area (Å²) in [5.74, 6) is -1.04.